The van der Waals surface area contributed by atoms with Gasteiger partial charge >= 0.3 is 6.18 Å². The Morgan fingerprint density at radius 2 is 1.98 bits per heavy atom. The number of hydrogen-bond donors (Lipinski definition) is 2. The summed E-state index contributed by atoms with van der Waals surface area (Å²) in [4.78, 5) is 35.2. The molecule has 1 atom stereocenters. The number of aromatic nitrogens is 2. The molecule has 0 unspecified atom stereocenters. The lowest BCUT2D eigenvalue weighted by molar-refractivity contribution is -0.138. The van der Waals surface area contributed by atoms with E-state index in [0.29, 0.717) is 55.4 Å². The van der Waals surface area contributed by atoms with Crippen molar-refractivity contribution in [1.29, 1.82) is 0 Å². The number of hydrogen-bond acceptors (Lipinski definition) is 6. The number of rotatable bonds is 7. The van der Waals surface area contributed by atoms with Crippen LogP contribution in [0, 0.1) is 11.7 Å². The van der Waals surface area contributed by atoms with E-state index in [4.69, 9.17) is 4.74 Å². The Hall–Kier alpha value is -3.93. The van der Waals surface area contributed by atoms with Gasteiger partial charge in [0, 0.05) is 61.3 Å². The molecule has 2 fully saturated rings. The predicted octanol–water partition coefficient (Wildman–Crippen LogP) is 4.78. The number of likely N-dealkylation sites (N-methyl/N-ethyl adjacent to an activating group) is 1. The number of amides is 1. The van der Waals surface area contributed by atoms with Gasteiger partial charge in [-0.15, -0.1) is 0 Å². The number of anilines is 2. The van der Waals surface area contributed by atoms with E-state index in [1.54, 1.807) is 12.1 Å². The number of carbonyl (C=O) groups is 1. The van der Waals surface area contributed by atoms with Crippen LogP contribution in [-0.2, 0) is 6.18 Å². The van der Waals surface area contributed by atoms with Gasteiger partial charge in [0.25, 0.3) is 5.91 Å². The molecule has 2 aromatic heterocycles. The highest BCUT2D eigenvalue weighted by molar-refractivity contribution is 6.07. The minimum atomic E-state index is -4.93. The zero-order valence-electron chi connectivity index (χ0n) is 22.0. The van der Waals surface area contributed by atoms with Gasteiger partial charge in [-0.1, -0.05) is 0 Å². The molecule has 3 aromatic rings. The normalized spacial score (nSPS) is 18.1. The standard InChI is InChI=1S/C28H29F4N5O3/c1-16-14-37(8-7-36(16)2)24-11-22(29)19(18-5-6-26(34-12-18)40-15-17-3-4-17)9-23(24)35-27(39)20-13-33-25(38)10-21(20)28(30,31)32/h5-6,9-13,16-17H,3-4,7-8,14-15H2,1-2H3,(H,33,38)(H,35,39)/t16-/m1/s1. The van der Waals surface area contributed by atoms with Gasteiger partial charge in [0.2, 0.25) is 11.4 Å². The number of nitrogens with one attached hydrogen (secondary N) is 2. The molecule has 12 heteroatoms. The lowest BCUT2D eigenvalue weighted by atomic mass is 10.0. The van der Waals surface area contributed by atoms with Crippen molar-refractivity contribution < 1.29 is 27.1 Å². The van der Waals surface area contributed by atoms with E-state index < -0.39 is 34.6 Å². The highest BCUT2D eigenvalue weighted by Gasteiger charge is 2.36. The molecule has 1 aliphatic carbocycles. The average molecular weight is 560 g/mol. The molecule has 8 nitrogen and oxygen atoms in total. The third-order valence-corrected chi connectivity index (χ3v) is 7.32. The predicted molar refractivity (Wildman–Crippen MR) is 142 cm³/mol. The van der Waals surface area contributed by atoms with E-state index in [1.165, 1.54) is 18.3 Å². The zero-order valence-corrected chi connectivity index (χ0v) is 22.0. The van der Waals surface area contributed by atoms with Crippen LogP contribution in [0.3, 0.4) is 0 Å². The molecule has 0 bridgehead atoms. The van der Waals surface area contributed by atoms with Crippen molar-refractivity contribution in [3.63, 3.8) is 0 Å². The number of ether oxygens (including phenoxy) is 1. The second kappa shape index (κ2) is 10.9. The number of alkyl halides is 3. The number of piperazine rings is 1. The Balaban J connectivity index is 1.51. The third-order valence-electron chi connectivity index (χ3n) is 7.32. The summed E-state index contributed by atoms with van der Waals surface area (Å²) in [6.07, 6.45) is -0.501. The van der Waals surface area contributed by atoms with Crippen molar-refractivity contribution in [2.24, 2.45) is 5.92 Å². The Morgan fingerprint density at radius 3 is 2.62 bits per heavy atom. The highest BCUT2D eigenvalue weighted by atomic mass is 19.4. The van der Waals surface area contributed by atoms with Crippen LogP contribution in [0.2, 0.25) is 0 Å². The van der Waals surface area contributed by atoms with Crippen molar-refractivity contribution in [3.8, 4) is 17.0 Å². The van der Waals surface area contributed by atoms with Crippen LogP contribution in [-0.4, -0.2) is 60.1 Å². The van der Waals surface area contributed by atoms with Crippen LogP contribution in [0.4, 0.5) is 28.9 Å². The number of pyridine rings is 2. The first-order valence-electron chi connectivity index (χ1n) is 13.0. The van der Waals surface area contributed by atoms with Gasteiger partial charge in [0.15, 0.2) is 0 Å². The maximum Gasteiger partial charge on any atom is 0.417 e. The minimum absolute atomic E-state index is 0.111. The Kier molecular flexibility index (Phi) is 7.54. The van der Waals surface area contributed by atoms with Gasteiger partial charge < -0.3 is 24.8 Å². The number of halogens is 4. The van der Waals surface area contributed by atoms with Crippen molar-refractivity contribution in [1.82, 2.24) is 14.9 Å². The quantitative estimate of drug-likeness (QED) is 0.405. The van der Waals surface area contributed by atoms with E-state index in [1.807, 2.05) is 18.9 Å². The summed E-state index contributed by atoms with van der Waals surface area (Å²) in [6.45, 7) is 4.27. The molecule has 40 heavy (non-hydrogen) atoms. The average Bonchev–Trinajstić information content (AvgIpc) is 3.74. The molecular weight excluding hydrogens is 530 g/mol. The maximum atomic E-state index is 15.5. The fourth-order valence-electron chi connectivity index (χ4n) is 4.61. The molecule has 1 amide bonds. The van der Waals surface area contributed by atoms with Crippen LogP contribution in [0.15, 0.2) is 47.5 Å². The van der Waals surface area contributed by atoms with Crippen LogP contribution < -0.4 is 20.5 Å². The number of nitrogens with zero attached hydrogens (tertiary/aromatic N) is 3. The molecule has 1 aliphatic heterocycles. The van der Waals surface area contributed by atoms with Gasteiger partial charge in [-0.3, -0.25) is 9.59 Å². The summed E-state index contributed by atoms with van der Waals surface area (Å²) in [6, 6.07) is 6.39. The molecule has 1 saturated heterocycles. The molecule has 212 valence electrons. The molecule has 1 saturated carbocycles. The summed E-state index contributed by atoms with van der Waals surface area (Å²) < 4.78 is 62.1. The first-order chi connectivity index (χ1) is 19.0. The fraction of sp³-hybridized carbons (Fsp3) is 0.393. The topological polar surface area (TPSA) is 90.6 Å². The molecular formula is C28H29F4N5O3. The summed E-state index contributed by atoms with van der Waals surface area (Å²) >= 11 is 0. The van der Waals surface area contributed by atoms with Gasteiger partial charge in [-0.25, -0.2) is 9.37 Å². The number of benzene rings is 1. The first kappa shape index (κ1) is 27.6. The first-order valence-corrected chi connectivity index (χ1v) is 13.0. The zero-order chi connectivity index (χ0) is 28.6. The molecule has 2 aliphatic rings. The maximum absolute atomic E-state index is 15.5. The molecule has 1 aromatic carbocycles. The minimum Gasteiger partial charge on any atom is -0.477 e. The summed E-state index contributed by atoms with van der Waals surface area (Å²) in [7, 11) is 1.97. The van der Waals surface area contributed by atoms with Crippen LogP contribution in [0.5, 0.6) is 5.88 Å². The Morgan fingerprint density at radius 1 is 1.20 bits per heavy atom. The van der Waals surface area contributed by atoms with Crippen LogP contribution >= 0.6 is 0 Å². The lowest BCUT2D eigenvalue weighted by Gasteiger charge is -2.39. The third kappa shape index (κ3) is 6.11. The number of H-pyrrole nitrogens is 1. The summed E-state index contributed by atoms with van der Waals surface area (Å²) in [5.74, 6) is -0.722. The van der Waals surface area contributed by atoms with Crippen molar-refractivity contribution in [2.45, 2.75) is 32.0 Å². The number of carbonyl (C=O) groups excluding carboxylic acids is 1. The summed E-state index contributed by atoms with van der Waals surface area (Å²) in [5, 5.41) is 2.54. The van der Waals surface area contributed by atoms with E-state index in [9.17, 15) is 22.8 Å². The van der Waals surface area contributed by atoms with Gasteiger partial charge in [-0.2, -0.15) is 13.2 Å². The highest BCUT2D eigenvalue weighted by Crippen LogP contribution is 2.37. The van der Waals surface area contributed by atoms with Crippen molar-refractivity contribution in [3.05, 3.63) is 70.0 Å². The molecule has 0 spiro atoms. The van der Waals surface area contributed by atoms with Gasteiger partial charge in [0.1, 0.15) is 5.82 Å². The smallest absolute Gasteiger partial charge is 0.417 e. The van der Waals surface area contributed by atoms with Crippen molar-refractivity contribution >= 4 is 17.3 Å². The van der Waals surface area contributed by atoms with E-state index >= 15 is 4.39 Å². The fourth-order valence-corrected chi connectivity index (χ4v) is 4.61. The molecule has 5 rings (SSSR count). The Bertz CT molecular complexity index is 1450. The van der Waals surface area contributed by atoms with Crippen LogP contribution in [0.25, 0.3) is 11.1 Å². The summed E-state index contributed by atoms with van der Waals surface area (Å²) in [5.41, 5.74) is -2.12. The molecule has 3 heterocycles. The second-order valence-electron chi connectivity index (χ2n) is 10.3. The molecule has 0 radical (unpaired) electrons. The SMILES string of the molecule is C[C@@H]1CN(c2cc(F)c(-c3ccc(OCC4CC4)nc3)cc2NC(=O)c2c[nH]c(=O)cc2C(F)(F)F)CCN1C. The van der Waals surface area contributed by atoms with Gasteiger partial charge in [-0.05, 0) is 50.9 Å². The van der Waals surface area contributed by atoms with Crippen LogP contribution in [0.1, 0.15) is 35.7 Å². The van der Waals surface area contributed by atoms with E-state index in [-0.39, 0.29) is 17.3 Å². The molecule has 2 N–H and O–H groups in total. The monoisotopic (exact) mass is 559 g/mol. The Labute approximate surface area is 228 Å². The lowest BCUT2D eigenvalue weighted by Crippen LogP contribution is -2.50. The van der Waals surface area contributed by atoms with Crippen molar-refractivity contribution in [2.75, 3.05) is 43.5 Å². The largest absolute Gasteiger partial charge is 0.477 e. The second-order valence-corrected chi connectivity index (χ2v) is 10.3. The van der Waals surface area contributed by atoms with Gasteiger partial charge in [0.05, 0.1) is 29.1 Å². The number of aromatic amines is 1. The van der Waals surface area contributed by atoms with E-state index in [0.717, 1.165) is 19.0 Å². The van der Waals surface area contributed by atoms with E-state index in [2.05, 4.69) is 20.2 Å².